The van der Waals surface area contributed by atoms with Crippen LogP contribution in [0.2, 0.25) is 5.02 Å². The number of piperazine rings is 1. The number of hydrogen-bond acceptors (Lipinski definition) is 9. The fraction of sp³-hybridized carbons (Fsp3) is 0.531. The molecule has 12 heteroatoms. The molecule has 5 heterocycles. The molecule has 3 aliphatic rings. The maximum Gasteiger partial charge on any atom is 0.320 e. The lowest BCUT2D eigenvalue weighted by atomic mass is 9.99. The van der Waals surface area contributed by atoms with Gasteiger partial charge in [-0.25, -0.2) is 0 Å². The van der Waals surface area contributed by atoms with Gasteiger partial charge in [0.2, 0.25) is 5.91 Å². The number of benzene rings is 1. The van der Waals surface area contributed by atoms with Crippen LogP contribution in [0, 0.1) is 20.8 Å². The monoisotopic (exact) mass is 637 g/mol. The van der Waals surface area contributed by atoms with Gasteiger partial charge in [-0.05, 0) is 58.2 Å². The molecule has 0 bridgehead atoms. The molecule has 6 rings (SSSR count). The van der Waals surface area contributed by atoms with Gasteiger partial charge in [-0.2, -0.15) is 0 Å². The van der Waals surface area contributed by atoms with Crippen LogP contribution < -0.4 is 0 Å². The molecular formula is C32H40ClN7O3S. The number of aryl methyl sites for hydroxylation is 2. The van der Waals surface area contributed by atoms with Crippen molar-refractivity contribution in [1.82, 2.24) is 29.5 Å². The van der Waals surface area contributed by atoms with E-state index in [-0.39, 0.29) is 18.3 Å². The molecule has 3 aromatic rings. The summed E-state index contributed by atoms with van der Waals surface area (Å²) in [5.74, 6) is 1.43. The zero-order valence-electron chi connectivity index (χ0n) is 25.9. The second-order valence-corrected chi connectivity index (χ2v) is 13.5. The first-order valence-corrected chi connectivity index (χ1v) is 16.7. The van der Waals surface area contributed by atoms with E-state index < -0.39 is 6.04 Å². The average Bonchev–Trinajstić information content (AvgIpc) is 3.50. The molecule has 0 saturated carbocycles. The summed E-state index contributed by atoms with van der Waals surface area (Å²) in [5, 5.41) is 10.7. The molecule has 0 radical (unpaired) electrons. The molecule has 10 nitrogen and oxygen atoms in total. The van der Waals surface area contributed by atoms with Gasteiger partial charge < -0.3 is 9.64 Å². The Morgan fingerprint density at radius 1 is 1.00 bits per heavy atom. The first-order valence-electron chi connectivity index (χ1n) is 15.5. The van der Waals surface area contributed by atoms with Crippen LogP contribution >= 0.6 is 22.9 Å². The van der Waals surface area contributed by atoms with Crippen molar-refractivity contribution in [2.24, 2.45) is 4.99 Å². The van der Waals surface area contributed by atoms with E-state index in [9.17, 15) is 9.59 Å². The molecule has 2 fully saturated rings. The smallest absolute Gasteiger partial charge is 0.320 e. The van der Waals surface area contributed by atoms with Gasteiger partial charge in [-0.3, -0.25) is 28.9 Å². The highest BCUT2D eigenvalue weighted by Crippen LogP contribution is 2.39. The van der Waals surface area contributed by atoms with Gasteiger partial charge >= 0.3 is 5.97 Å². The third-order valence-electron chi connectivity index (χ3n) is 9.12. The Labute approximate surface area is 267 Å². The maximum atomic E-state index is 13.8. The number of fused-ring (bicyclic) bond motifs is 3. The topological polar surface area (TPSA) is 96.2 Å². The molecule has 234 valence electrons. The molecule has 44 heavy (non-hydrogen) atoms. The van der Waals surface area contributed by atoms with Gasteiger partial charge in [0.05, 0.1) is 25.3 Å². The van der Waals surface area contributed by atoms with Crippen molar-refractivity contribution in [2.45, 2.75) is 59.0 Å². The predicted molar refractivity (Wildman–Crippen MR) is 172 cm³/mol. The number of nitrogens with zero attached hydrogens (tertiary/aromatic N) is 7. The fourth-order valence-electron chi connectivity index (χ4n) is 6.60. The molecule has 0 unspecified atom stereocenters. The number of aliphatic imine (C=N–C) groups is 1. The normalized spacial score (nSPS) is 19.7. The molecule has 0 aliphatic carbocycles. The van der Waals surface area contributed by atoms with Gasteiger partial charge in [0.25, 0.3) is 0 Å². The van der Waals surface area contributed by atoms with Crippen LogP contribution in [0.4, 0.5) is 0 Å². The van der Waals surface area contributed by atoms with Crippen molar-refractivity contribution in [3.05, 3.63) is 62.5 Å². The van der Waals surface area contributed by atoms with Crippen molar-refractivity contribution >= 4 is 40.5 Å². The van der Waals surface area contributed by atoms with E-state index in [2.05, 4.69) is 38.4 Å². The lowest BCUT2D eigenvalue weighted by Gasteiger charge is -2.42. The molecule has 1 atom stereocenters. The third kappa shape index (κ3) is 6.20. The Bertz CT molecular complexity index is 1550. The fourth-order valence-corrected chi connectivity index (χ4v) is 7.94. The highest BCUT2D eigenvalue weighted by Gasteiger charge is 2.35. The van der Waals surface area contributed by atoms with Crippen LogP contribution in [0.15, 0.2) is 29.3 Å². The lowest BCUT2D eigenvalue weighted by Crippen LogP contribution is -2.54. The Balaban J connectivity index is 1.16. The summed E-state index contributed by atoms with van der Waals surface area (Å²) in [7, 11) is 0. The van der Waals surface area contributed by atoms with Crippen molar-refractivity contribution in [1.29, 1.82) is 0 Å². The number of aromatic nitrogens is 3. The predicted octanol–water partition coefficient (Wildman–Crippen LogP) is 4.36. The number of carbonyl (C=O) groups is 2. The van der Waals surface area contributed by atoms with Crippen LogP contribution in [-0.4, -0.2) is 106 Å². The molecule has 1 aromatic carbocycles. The van der Waals surface area contributed by atoms with Gasteiger partial charge in [-0.1, -0.05) is 23.7 Å². The largest absolute Gasteiger partial charge is 0.465 e. The molecule has 0 spiro atoms. The SMILES string of the molecule is CCOC(=O)CN1CCC(N2CCN(C(=O)C[C@@H]3N=C(c4ccc(Cl)cc4)c4c(sc(C)c4C)-n4c(C)nnc43)CC2)CC1. The second-order valence-electron chi connectivity index (χ2n) is 11.8. The molecule has 0 N–H and O–H groups in total. The minimum Gasteiger partial charge on any atom is -0.465 e. The zero-order chi connectivity index (χ0) is 31.0. The summed E-state index contributed by atoms with van der Waals surface area (Å²) in [6.07, 6.45) is 2.28. The van der Waals surface area contributed by atoms with E-state index in [1.54, 1.807) is 11.3 Å². The first kappa shape index (κ1) is 30.9. The number of piperidine rings is 1. The minimum atomic E-state index is -0.463. The summed E-state index contributed by atoms with van der Waals surface area (Å²) >= 11 is 7.95. The van der Waals surface area contributed by atoms with Crippen molar-refractivity contribution < 1.29 is 14.3 Å². The Kier molecular flexibility index (Phi) is 9.18. The third-order valence-corrected chi connectivity index (χ3v) is 10.6. The summed E-state index contributed by atoms with van der Waals surface area (Å²) < 4.78 is 7.20. The van der Waals surface area contributed by atoms with Crippen molar-refractivity contribution in [3.8, 4) is 5.00 Å². The van der Waals surface area contributed by atoms with E-state index in [4.69, 9.17) is 21.3 Å². The summed E-state index contributed by atoms with van der Waals surface area (Å²) in [6.45, 7) is 13.7. The van der Waals surface area contributed by atoms with Crippen LogP contribution in [0.1, 0.15) is 65.4 Å². The molecule has 1 amide bonds. The molecular weight excluding hydrogens is 598 g/mol. The van der Waals surface area contributed by atoms with Crippen LogP contribution in [0.3, 0.4) is 0 Å². The minimum absolute atomic E-state index is 0.0865. The van der Waals surface area contributed by atoms with Gasteiger partial charge in [0.1, 0.15) is 16.9 Å². The Morgan fingerprint density at radius 2 is 1.70 bits per heavy atom. The number of likely N-dealkylation sites (tertiary alicyclic amines) is 1. The van der Waals surface area contributed by atoms with E-state index in [1.165, 1.54) is 10.4 Å². The number of halogens is 1. The summed E-state index contributed by atoms with van der Waals surface area (Å²) in [5.41, 5.74) is 4.07. The van der Waals surface area contributed by atoms with Crippen LogP contribution in [0.25, 0.3) is 5.00 Å². The van der Waals surface area contributed by atoms with Crippen molar-refractivity contribution in [3.63, 3.8) is 0 Å². The average molecular weight is 638 g/mol. The number of rotatable bonds is 7. The summed E-state index contributed by atoms with van der Waals surface area (Å²) in [4.78, 5) is 38.8. The molecule has 2 aromatic heterocycles. The first-order chi connectivity index (χ1) is 21.2. The van der Waals surface area contributed by atoms with Crippen molar-refractivity contribution in [2.75, 3.05) is 52.4 Å². The highest BCUT2D eigenvalue weighted by molar-refractivity contribution is 7.15. The lowest BCUT2D eigenvalue weighted by molar-refractivity contribution is -0.144. The quantitative estimate of drug-likeness (QED) is 0.355. The van der Waals surface area contributed by atoms with Crippen LogP contribution in [-0.2, 0) is 14.3 Å². The molecule has 2 saturated heterocycles. The summed E-state index contributed by atoms with van der Waals surface area (Å²) in [6, 6.07) is 7.77. The van der Waals surface area contributed by atoms with Gasteiger partial charge in [0, 0.05) is 66.3 Å². The second kappa shape index (κ2) is 13.1. The van der Waals surface area contributed by atoms with E-state index >= 15 is 0 Å². The van der Waals surface area contributed by atoms with Gasteiger partial charge in [0.15, 0.2) is 5.82 Å². The number of hydrogen-bond donors (Lipinski definition) is 0. The number of ether oxygens (including phenoxy) is 1. The number of amides is 1. The van der Waals surface area contributed by atoms with Gasteiger partial charge in [-0.15, -0.1) is 21.5 Å². The van der Waals surface area contributed by atoms with E-state index in [0.29, 0.717) is 43.1 Å². The Morgan fingerprint density at radius 3 is 2.39 bits per heavy atom. The number of thiophene rings is 1. The highest BCUT2D eigenvalue weighted by atomic mass is 35.5. The zero-order valence-corrected chi connectivity index (χ0v) is 27.5. The molecule has 3 aliphatic heterocycles. The van der Waals surface area contributed by atoms with E-state index in [1.807, 2.05) is 43.0 Å². The number of carbonyl (C=O) groups excluding carboxylic acids is 2. The number of esters is 1. The van der Waals surface area contributed by atoms with E-state index in [0.717, 1.165) is 66.7 Å². The van der Waals surface area contributed by atoms with Crippen LogP contribution in [0.5, 0.6) is 0 Å². The maximum absolute atomic E-state index is 13.8. The standard InChI is InChI=1S/C32H40ClN7O3S/c1-5-43-28(42)19-37-12-10-25(11-13-37)38-14-16-39(17-15-38)27(41)18-26-31-36-35-22(4)40(31)32-29(20(2)21(3)44-32)30(34-26)23-6-8-24(33)9-7-23/h6-9,25-26H,5,10-19H2,1-4H3/t26-/m0/s1. The Hall–Kier alpha value is -3.12.